The van der Waals surface area contributed by atoms with Gasteiger partial charge in [0.1, 0.15) is 23.2 Å². The Kier molecular flexibility index (Phi) is 7.72. The van der Waals surface area contributed by atoms with Crippen LogP contribution in [0.15, 0.2) is 64.7 Å². The van der Waals surface area contributed by atoms with Gasteiger partial charge in [-0.15, -0.1) is 11.3 Å². The topological polar surface area (TPSA) is 122 Å². The van der Waals surface area contributed by atoms with Crippen molar-refractivity contribution in [3.05, 3.63) is 102 Å². The molecule has 0 aliphatic carbocycles. The monoisotopic (exact) mass is 558 g/mol. The van der Waals surface area contributed by atoms with Crippen molar-refractivity contribution >= 4 is 68.9 Å². The normalized spacial score (nSPS) is 11.2. The summed E-state index contributed by atoms with van der Waals surface area (Å²) < 4.78 is 5.68. The molecule has 12 heteroatoms. The van der Waals surface area contributed by atoms with E-state index in [1.54, 1.807) is 36.5 Å². The maximum atomic E-state index is 12.6. The van der Waals surface area contributed by atoms with Gasteiger partial charge >= 0.3 is 0 Å². The standard InChI is InChI=1S/C24H13Cl3N4O4S/c25-15-1-5-20(26)13(7-15)9-18-12-29-24(36-18)30-23(32)14(11-28)8-17-3-6-22(35-17)19-4-2-16(31(33)34)10-21(19)27/h1-8,10,12H,9H2,(H,29,30,32)/b14-8+. The number of anilines is 1. The number of aromatic nitrogens is 1. The molecule has 0 spiro atoms. The molecule has 180 valence electrons. The van der Waals surface area contributed by atoms with Crippen molar-refractivity contribution in [2.75, 3.05) is 5.32 Å². The zero-order valence-electron chi connectivity index (χ0n) is 18.0. The fraction of sp³-hybridized carbons (Fsp3) is 0.0417. The second-order valence-electron chi connectivity index (χ2n) is 7.29. The maximum absolute atomic E-state index is 12.6. The number of rotatable bonds is 7. The van der Waals surface area contributed by atoms with E-state index in [1.165, 1.54) is 35.6 Å². The number of amides is 1. The molecular weight excluding hydrogens is 547 g/mol. The van der Waals surface area contributed by atoms with Crippen LogP contribution in [0.2, 0.25) is 15.1 Å². The SMILES string of the molecule is N#C/C(=C\c1ccc(-c2ccc([N+](=O)[O-])cc2Cl)o1)C(=O)Nc1ncc(Cc2cc(Cl)ccc2Cl)s1. The van der Waals surface area contributed by atoms with Gasteiger partial charge in [-0.3, -0.25) is 20.2 Å². The lowest BCUT2D eigenvalue weighted by Gasteiger charge is -2.02. The quantitative estimate of drug-likeness (QED) is 0.109. The predicted molar refractivity (Wildman–Crippen MR) is 139 cm³/mol. The lowest BCUT2D eigenvalue weighted by Crippen LogP contribution is -2.13. The summed E-state index contributed by atoms with van der Waals surface area (Å²) in [6, 6.07) is 14.1. The van der Waals surface area contributed by atoms with Crippen molar-refractivity contribution in [3.63, 3.8) is 0 Å². The molecule has 4 aromatic rings. The zero-order chi connectivity index (χ0) is 25.8. The number of nitro benzene ring substituents is 1. The van der Waals surface area contributed by atoms with Gasteiger partial charge in [-0.05, 0) is 42.0 Å². The number of hydrogen-bond acceptors (Lipinski definition) is 7. The first-order valence-corrected chi connectivity index (χ1v) is 12.0. The summed E-state index contributed by atoms with van der Waals surface area (Å²) in [5, 5.41) is 24.6. The molecule has 8 nitrogen and oxygen atoms in total. The number of carbonyl (C=O) groups is 1. The Morgan fingerprint density at radius 3 is 2.69 bits per heavy atom. The predicted octanol–water partition coefficient (Wildman–Crippen LogP) is 7.41. The van der Waals surface area contributed by atoms with Gasteiger partial charge in [0.2, 0.25) is 0 Å². The Bertz CT molecular complexity index is 1550. The Labute approximate surface area is 223 Å². The summed E-state index contributed by atoms with van der Waals surface area (Å²) in [6.07, 6.45) is 3.37. The summed E-state index contributed by atoms with van der Waals surface area (Å²) in [5.41, 5.74) is 0.894. The molecule has 0 bridgehead atoms. The number of nitrogens with zero attached hydrogens (tertiary/aromatic N) is 3. The smallest absolute Gasteiger partial charge is 0.270 e. The Balaban J connectivity index is 1.47. The van der Waals surface area contributed by atoms with E-state index in [1.807, 2.05) is 6.07 Å². The third-order valence-electron chi connectivity index (χ3n) is 4.85. The van der Waals surface area contributed by atoms with Crippen molar-refractivity contribution in [2.45, 2.75) is 6.42 Å². The number of nitro groups is 1. The highest BCUT2D eigenvalue weighted by molar-refractivity contribution is 7.15. The molecule has 0 fully saturated rings. The molecule has 0 radical (unpaired) electrons. The van der Waals surface area contributed by atoms with Crippen LogP contribution in [0.3, 0.4) is 0 Å². The second-order valence-corrected chi connectivity index (χ2v) is 9.66. The van der Waals surface area contributed by atoms with Crippen molar-refractivity contribution in [1.29, 1.82) is 5.26 Å². The van der Waals surface area contributed by atoms with Crippen LogP contribution in [0, 0.1) is 21.4 Å². The van der Waals surface area contributed by atoms with Crippen LogP contribution in [0.1, 0.15) is 16.2 Å². The van der Waals surface area contributed by atoms with E-state index < -0.39 is 10.8 Å². The van der Waals surface area contributed by atoms with Gasteiger partial charge in [0, 0.05) is 51.3 Å². The molecule has 0 aliphatic rings. The first-order valence-electron chi connectivity index (χ1n) is 10.1. The Morgan fingerprint density at radius 2 is 1.97 bits per heavy atom. The average molecular weight is 560 g/mol. The second kappa shape index (κ2) is 10.9. The number of carbonyl (C=O) groups excluding carboxylic acids is 1. The first kappa shape index (κ1) is 25.4. The van der Waals surface area contributed by atoms with Crippen molar-refractivity contribution < 1.29 is 14.1 Å². The number of furan rings is 1. The molecule has 36 heavy (non-hydrogen) atoms. The molecule has 2 aromatic heterocycles. The third-order valence-corrected chi connectivity index (χ3v) is 6.68. The van der Waals surface area contributed by atoms with Crippen LogP contribution in [-0.4, -0.2) is 15.8 Å². The van der Waals surface area contributed by atoms with Crippen LogP contribution in [0.25, 0.3) is 17.4 Å². The van der Waals surface area contributed by atoms with Gasteiger partial charge < -0.3 is 4.42 Å². The molecule has 0 saturated carbocycles. The maximum Gasteiger partial charge on any atom is 0.270 e. The molecule has 2 aromatic carbocycles. The molecule has 0 atom stereocenters. The van der Waals surface area contributed by atoms with Gasteiger partial charge in [0.25, 0.3) is 11.6 Å². The highest BCUT2D eigenvalue weighted by Gasteiger charge is 2.16. The number of benzene rings is 2. The highest BCUT2D eigenvalue weighted by atomic mass is 35.5. The molecule has 0 aliphatic heterocycles. The molecule has 1 N–H and O–H groups in total. The lowest BCUT2D eigenvalue weighted by molar-refractivity contribution is -0.384. The lowest BCUT2D eigenvalue weighted by atomic mass is 10.1. The van der Waals surface area contributed by atoms with Gasteiger partial charge in [0.05, 0.1) is 9.95 Å². The minimum absolute atomic E-state index is 0.131. The Hall–Kier alpha value is -3.68. The summed E-state index contributed by atoms with van der Waals surface area (Å²) in [7, 11) is 0. The van der Waals surface area contributed by atoms with Crippen LogP contribution in [0.5, 0.6) is 0 Å². The fourth-order valence-corrected chi connectivity index (χ4v) is 4.64. The summed E-state index contributed by atoms with van der Waals surface area (Å²) >= 11 is 19.6. The van der Waals surface area contributed by atoms with Crippen molar-refractivity contribution in [3.8, 4) is 17.4 Å². The van der Waals surface area contributed by atoms with Gasteiger partial charge in [-0.25, -0.2) is 4.98 Å². The largest absolute Gasteiger partial charge is 0.457 e. The van der Waals surface area contributed by atoms with E-state index >= 15 is 0 Å². The minimum Gasteiger partial charge on any atom is -0.457 e. The van der Waals surface area contributed by atoms with Gasteiger partial charge in [0.15, 0.2) is 5.13 Å². The summed E-state index contributed by atoms with van der Waals surface area (Å²) in [6.45, 7) is 0. The van der Waals surface area contributed by atoms with E-state index in [0.29, 0.717) is 32.9 Å². The number of halogens is 3. The molecule has 1 amide bonds. The fourth-order valence-electron chi connectivity index (χ4n) is 3.16. The minimum atomic E-state index is -0.662. The van der Waals surface area contributed by atoms with E-state index in [2.05, 4.69) is 10.3 Å². The molecule has 2 heterocycles. The first-order chi connectivity index (χ1) is 17.2. The van der Waals surface area contributed by atoms with Crippen LogP contribution in [-0.2, 0) is 11.2 Å². The van der Waals surface area contributed by atoms with E-state index in [4.69, 9.17) is 39.2 Å². The number of hydrogen-bond donors (Lipinski definition) is 1. The van der Waals surface area contributed by atoms with Crippen LogP contribution >= 0.6 is 46.1 Å². The number of nitriles is 1. The van der Waals surface area contributed by atoms with Gasteiger partial charge in [-0.2, -0.15) is 5.26 Å². The van der Waals surface area contributed by atoms with E-state index in [-0.39, 0.29) is 22.0 Å². The van der Waals surface area contributed by atoms with E-state index in [9.17, 15) is 20.2 Å². The zero-order valence-corrected chi connectivity index (χ0v) is 21.1. The molecule has 0 unspecified atom stereocenters. The highest BCUT2D eigenvalue weighted by Crippen LogP contribution is 2.33. The third kappa shape index (κ3) is 5.93. The van der Waals surface area contributed by atoms with Gasteiger partial charge in [-0.1, -0.05) is 34.8 Å². The summed E-state index contributed by atoms with van der Waals surface area (Å²) in [4.78, 5) is 28.0. The van der Waals surface area contributed by atoms with E-state index in [0.717, 1.165) is 10.4 Å². The average Bonchev–Trinajstić information content (AvgIpc) is 3.49. The Morgan fingerprint density at radius 1 is 1.17 bits per heavy atom. The molecule has 0 saturated heterocycles. The number of non-ortho nitro benzene ring substituents is 1. The van der Waals surface area contributed by atoms with Crippen LogP contribution in [0.4, 0.5) is 10.8 Å². The molecular formula is C24H13Cl3N4O4S. The van der Waals surface area contributed by atoms with Crippen molar-refractivity contribution in [1.82, 2.24) is 4.98 Å². The molecule has 4 rings (SSSR count). The van der Waals surface area contributed by atoms with Crippen molar-refractivity contribution in [2.24, 2.45) is 0 Å². The van der Waals surface area contributed by atoms with Crippen LogP contribution < -0.4 is 5.32 Å². The summed E-state index contributed by atoms with van der Waals surface area (Å²) in [5.74, 6) is -0.116. The number of thiazole rings is 1. The number of nitrogens with one attached hydrogen (secondary N) is 1.